The molecule has 0 bridgehead atoms. The molecule has 0 saturated heterocycles. The van der Waals surface area contributed by atoms with Crippen LogP contribution in [0.4, 0.5) is 0 Å². The maximum Gasteiger partial charge on any atom is 0.0685 e. The molecule has 0 aromatic heterocycles. The number of aliphatic hydroxyl groups excluding tert-OH is 1. The minimum absolute atomic E-state index is 0.129. The van der Waals surface area contributed by atoms with E-state index >= 15 is 0 Å². The van der Waals surface area contributed by atoms with Crippen LogP contribution in [0.5, 0.6) is 0 Å². The van der Waals surface area contributed by atoms with Crippen LogP contribution in [0.3, 0.4) is 0 Å². The Morgan fingerprint density at radius 2 is 2.00 bits per heavy atom. The molecule has 1 rings (SSSR count). The molecule has 0 amide bonds. The Hall–Kier alpha value is -0.510. The molecule has 0 spiro atoms. The zero-order valence-corrected chi connectivity index (χ0v) is 10.7. The zero-order valence-electron chi connectivity index (χ0n) is 9.91. The lowest BCUT2D eigenvalue weighted by atomic mass is 10.1. The number of aliphatic hydroxyl groups is 1. The Kier molecular flexibility index (Phi) is 7.30. The van der Waals surface area contributed by atoms with Crippen LogP contribution in [0.2, 0.25) is 0 Å². The van der Waals surface area contributed by atoms with E-state index in [0.29, 0.717) is 0 Å². The average molecular weight is 239 g/mol. The highest BCUT2D eigenvalue weighted by Gasteiger charge is 1.99. The van der Waals surface area contributed by atoms with E-state index in [9.17, 15) is 0 Å². The van der Waals surface area contributed by atoms with Crippen LogP contribution in [0.25, 0.3) is 0 Å². The highest BCUT2D eigenvalue weighted by atomic mass is 32.2. The number of rotatable bonds is 8. The molecule has 0 fully saturated rings. The number of benzene rings is 1. The normalized spacial score (nSPS) is 10.6. The maximum atomic E-state index is 9.16. The molecule has 90 valence electrons. The topological polar surface area (TPSA) is 32.3 Å². The zero-order chi connectivity index (χ0) is 11.6. The summed E-state index contributed by atoms with van der Waals surface area (Å²) < 4.78 is 0. The summed E-state index contributed by atoms with van der Waals surface area (Å²) in [6.07, 6.45) is 1.21. The van der Waals surface area contributed by atoms with Crippen molar-refractivity contribution in [2.24, 2.45) is 0 Å². The summed E-state index contributed by atoms with van der Waals surface area (Å²) in [5.41, 5.74) is 2.23. The first-order valence-electron chi connectivity index (χ1n) is 5.84. The molecule has 16 heavy (non-hydrogen) atoms. The summed E-state index contributed by atoms with van der Waals surface area (Å²) in [5, 5.41) is 12.6. The monoisotopic (exact) mass is 239 g/mol. The molecule has 2 nitrogen and oxygen atoms in total. The lowest BCUT2D eigenvalue weighted by Crippen LogP contribution is -2.16. The molecule has 0 unspecified atom stereocenters. The molecule has 1 aromatic carbocycles. The summed E-state index contributed by atoms with van der Waals surface area (Å²) in [6, 6.07) is 8.03. The van der Waals surface area contributed by atoms with E-state index in [1.807, 2.05) is 30.0 Å². The fourth-order valence-corrected chi connectivity index (χ4v) is 2.19. The first-order valence-corrected chi connectivity index (χ1v) is 7.00. The smallest absolute Gasteiger partial charge is 0.0685 e. The van der Waals surface area contributed by atoms with Crippen LogP contribution in [-0.2, 0) is 13.2 Å². The summed E-state index contributed by atoms with van der Waals surface area (Å²) >= 11 is 1.98. The third-order valence-corrected chi connectivity index (χ3v) is 3.44. The van der Waals surface area contributed by atoms with Gasteiger partial charge in [-0.05, 0) is 35.6 Å². The molecule has 0 aliphatic rings. The Morgan fingerprint density at radius 3 is 2.69 bits per heavy atom. The van der Waals surface area contributed by atoms with Gasteiger partial charge in [-0.15, -0.1) is 0 Å². The molecule has 1 aromatic rings. The second-order valence-electron chi connectivity index (χ2n) is 3.65. The highest BCUT2D eigenvalue weighted by molar-refractivity contribution is 7.99. The van der Waals surface area contributed by atoms with Gasteiger partial charge >= 0.3 is 0 Å². The van der Waals surface area contributed by atoms with E-state index in [1.165, 1.54) is 23.5 Å². The average Bonchev–Trinajstić information content (AvgIpc) is 2.34. The van der Waals surface area contributed by atoms with Crippen molar-refractivity contribution in [2.45, 2.75) is 26.5 Å². The van der Waals surface area contributed by atoms with E-state index in [4.69, 9.17) is 5.11 Å². The molecular weight excluding hydrogens is 218 g/mol. The minimum atomic E-state index is 0.129. The van der Waals surface area contributed by atoms with E-state index < -0.39 is 0 Å². The van der Waals surface area contributed by atoms with Gasteiger partial charge in [0.2, 0.25) is 0 Å². The molecule has 0 saturated carbocycles. The van der Waals surface area contributed by atoms with Gasteiger partial charge in [0.25, 0.3) is 0 Å². The fraction of sp³-hybridized carbons (Fsp3) is 0.538. The van der Waals surface area contributed by atoms with Gasteiger partial charge in [-0.3, -0.25) is 0 Å². The molecular formula is C13H21NOS. The summed E-state index contributed by atoms with van der Waals surface area (Å²) in [6.45, 7) is 4.22. The Morgan fingerprint density at radius 1 is 1.25 bits per heavy atom. The Bertz CT molecular complexity index is 291. The number of nitrogens with one attached hydrogen (secondary N) is 1. The van der Waals surface area contributed by atoms with Crippen molar-refractivity contribution >= 4 is 11.8 Å². The molecule has 0 atom stereocenters. The van der Waals surface area contributed by atoms with E-state index in [-0.39, 0.29) is 6.61 Å². The van der Waals surface area contributed by atoms with Gasteiger partial charge in [-0.2, -0.15) is 11.8 Å². The molecule has 0 aliphatic carbocycles. The third kappa shape index (κ3) is 5.01. The standard InChI is InChI=1S/C13H21NOS/c1-2-16-9-5-8-14-10-12-6-3-4-7-13(12)11-15/h3-4,6-7,14-15H,2,5,8-11H2,1H3. The molecule has 0 radical (unpaired) electrons. The van der Waals surface area contributed by atoms with E-state index in [2.05, 4.69) is 18.3 Å². The SMILES string of the molecule is CCSCCCNCc1ccccc1CO. The van der Waals surface area contributed by atoms with Gasteiger partial charge in [0, 0.05) is 6.54 Å². The Labute approximate surface area is 102 Å². The van der Waals surface area contributed by atoms with Crippen molar-refractivity contribution in [3.63, 3.8) is 0 Å². The van der Waals surface area contributed by atoms with Crippen molar-refractivity contribution in [1.82, 2.24) is 5.32 Å². The van der Waals surface area contributed by atoms with Crippen molar-refractivity contribution in [2.75, 3.05) is 18.1 Å². The minimum Gasteiger partial charge on any atom is -0.392 e. The lowest BCUT2D eigenvalue weighted by Gasteiger charge is -2.08. The number of thioether (sulfide) groups is 1. The predicted molar refractivity (Wildman–Crippen MR) is 71.7 cm³/mol. The van der Waals surface area contributed by atoms with Crippen LogP contribution in [-0.4, -0.2) is 23.2 Å². The second-order valence-corrected chi connectivity index (χ2v) is 5.05. The van der Waals surface area contributed by atoms with Crippen LogP contribution in [0.15, 0.2) is 24.3 Å². The van der Waals surface area contributed by atoms with Gasteiger partial charge < -0.3 is 10.4 Å². The first-order chi connectivity index (χ1) is 7.88. The number of hydrogen-bond acceptors (Lipinski definition) is 3. The lowest BCUT2D eigenvalue weighted by molar-refractivity contribution is 0.280. The van der Waals surface area contributed by atoms with Crippen LogP contribution < -0.4 is 5.32 Å². The van der Waals surface area contributed by atoms with E-state index in [1.54, 1.807) is 0 Å². The fourth-order valence-electron chi connectivity index (χ4n) is 1.55. The van der Waals surface area contributed by atoms with Crippen molar-refractivity contribution < 1.29 is 5.11 Å². The van der Waals surface area contributed by atoms with Crippen LogP contribution in [0, 0.1) is 0 Å². The van der Waals surface area contributed by atoms with Crippen molar-refractivity contribution in [1.29, 1.82) is 0 Å². The predicted octanol–water partition coefficient (Wildman–Crippen LogP) is 2.41. The van der Waals surface area contributed by atoms with Crippen LogP contribution in [0.1, 0.15) is 24.5 Å². The van der Waals surface area contributed by atoms with E-state index in [0.717, 1.165) is 18.7 Å². The molecule has 0 heterocycles. The van der Waals surface area contributed by atoms with Gasteiger partial charge in [0.05, 0.1) is 6.61 Å². The van der Waals surface area contributed by atoms with Crippen molar-refractivity contribution in [3.05, 3.63) is 35.4 Å². The summed E-state index contributed by atoms with van der Waals surface area (Å²) in [5.74, 6) is 2.43. The summed E-state index contributed by atoms with van der Waals surface area (Å²) in [7, 11) is 0. The summed E-state index contributed by atoms with van der Waals surface area (Å²) in [4.78, 5) is 0. The van der Waals surface area contributed by atoms with Gasteiger partial charge in [0.1, 0.15) is 0 Å². The Balaban J connectivity index is 2.21. The quantitative estimate of drug-likeness (QED) is 0.683. The number of hydrogen-bond donors (Lipinski definition) is 2. The van der Waals surface area contributed by atoms with Gasteiger partial charge in [-0.25, -0.2) is 0 Å². The largest absolute Gasteiger partial charge is 0.392 e. The molecule has 2 N–H and O–H groups in total. The van der Waals surface area contributed by atoms with Gasteiger partial charge in [0.15, 0.2) is 0 Å². The van der Waals surface area contributed by atoms with Gasteiger partial charge in [-0.1, -0.05) is 31.2 Å². The second kappa shape index (κ2) is 8.62. The maximum absolute atomic E-state index is 9.16. The highest BCUT2D eigenvalue weighted by Crippen LogP contribution is 2.08. The third-order valence-electron chi connectivity index (χ3n) is 2.45. The molecule has 3 heteroatoms. The molecule has 0 aliphatic heterocycles. The first kappa shape index (κ1) is 13.6. The van der Waals surface area contributed by atoms with Crippen molar-refractivity contribution in [3.8, 4) is 0 Å². The van der Waals surface area contributed by atoms with Crippen LogP contribution >= 0.6 is 11.8 Å².